The molecule has 2 aromatic heterocycles. The molecule has 1 saturated carbocycles. The first-order chi connectivity index (χ1) is 17.5. The van der Waals surface area contributed by atoms with E-state index >= 15 is 0 Å². The Labute approximate surface area is 215 Å². The molecule has 1 aliphatic carbocycles. The normalized spacial score (nSPS) is 18.0. The molecular weight excluding hydrogens is 496 g/mol. The number of amides is 2. The van der Waals surface area contributed by atoms with Gasteiger partial charge in [0.05, 0.1) is 6.42 Å². The Morgan fingerprint density at radius 3 is 2.00 bits per heavy atom. The van der Waals surface area contributed by atoms with E-state index in [1.165, 1.54) is 22.7 Å². The van der Waals surface area contributed by atoms with Gasteiger partial charge in [-0.15, -0.1) is 20.4 Å². The summed E-state index contributed by atoms with van der Waals surface area (Å²) in [5, 5.41) is 35.2. The average molecular weight is 521 g/mol. The van der Waals surface area contributed by atoms with Crippen LogP contribution < -0.4 is 10.6 Å². The van der Waals surface area contributed by atoms with Gasteiger partial charge >= 0.3 is 0 Å². The van der Waals surface area contributed by atoms with Crippen molar-refractivity contribution in [2.75, 3.05) is 10.6 Å². The zero-order valence-corrected chi connectivity index (χ0v) is 20.8. The smallest absolute Gasteiger partial charge is 0.259 e. The maximum Gasteiger partial charge on any atom is 0.259 e. The molecule has 0 spiro atoms. The molecule has 3 N–H and O–H groups in total. The molecular formula is C25H24N6O3S2. The number of anilines is 2. The zero-order valence-electron chi connectivity index (χ0n) is 19.2. The third-order valence-electron chi connectivity index (χ3n) is 6.06. The Bertz CT molecular complexity index is 1330. The Hall–Kier alpha value is -3.54. The van der Waals surface area contributed by atoms with Crippen molar-refractivity contribution in [3.05, 3.63) is 81.8 Å². The van der Waals surface area contributed by atoms with E-state index in [0.717, 1.165) is 34.8 Å². The lowest BCUT2D eigenvalue weighted by atomic mass is 10.1. The van der Waals surface area contributed by atoms with Crippen molar-refractivity contribution in [1.82, 2.24) is 20.4 Å². The third kappa shape index (κ3) is 5.81. The van der Waals surface area contributed by atoms with Crippen molar-refractivity contribution in [2.24, 2.45) is 0 Å². The van der Waals surface area contributed by atoms with Gasteiger partial charge in [-0.05, 0) is 30.4 Å². The number of hydrogen-bond donors (Lipinski definition) is 3. The SMILES string of the molecule is O=C(Cc1ccccc1)Nc1nnc([C@H]2CCC(c3nnc(NC(=O)[C@@H](O)c4ccccc4)s3)C2)s1. The fourth-order valence-corrected chi connectivity index (χ4v) is 6.04. The van der Waals surface area contributed by atoms with Crippen molar-refractivity contribution in [3.63, 3.8) is 0 Å². The monoisotopic (exact) mass is 520 g/mol. The predicted molar refractivity (Wildman–Crippen MR) is 138 cm³/mol. The molecule has 2 amide bonds. The number of nitrogens with one attached hydrogen (secondary N) is 2. The van der Waals surface area contributed by atoms with Crippen LogP contribution in [0.5, 0.6) is 0 Å². The van der Waals surface area contributed by atoms with Gasteiger partial charge in [-0.3, -0.25) is 14.9 Å². The first-order valence-corrected chi connectivity index (χ1v) is 13.2. The van der Waals surface area contributed by atoms with Gasteiger partial charge in [0.15, 0.2) is 6.10 Å². The summed E-state index contributed by atoms with van der Waals surface area (Å²) in [5.74, 6) is -0.218. The number of carbonyl (C=O) groups is 2. The Morgan fingerprint density at radius 2 is 1.39 bits per heavy atom. The minimum atomic E-state index is -1.27. The average Bonchev–Trinajstić information content (AvgIpc) is 3.65. The van der Waals surface area contributed by atoms with Gasteiger partial charge in [-0.2, -0.15) is 0 Å². The first-order valence-electron chi connectivity index (χ1n) is 11.6. The van der Waals surface area contributed by atoms with E-state index in [2.05, 4.69) is 31.0 Å². The van der Waals surface area contributed by atoms with E-state index in [0.29, 0.717) is 22.2 Å². The highest BCUT2D eigenvalue weighted by atomic mass is 32.1. The summed E-state index contributed by atoms with van der Waals surface area (Å²) < 4.78 is 0. The highest BCUT2D eigenvalue weighted by molar-refractivity contribution is 7.15. The minimum absolute atomic E-state index is 0.117. The Kier molecular flexibility index (Phi) is 7.40. The van der Waals surface area contributed by atoms with E-state index in [1.54, 1.807) is 24.3 Å². The number of aliphatic hydroxyl groups is 1. The van der Waals surface area contributed by atoms with Crippen molar-refractivity contribution >= 4 is 44.8 Å². The number of hydrogen-bond acceptors (Lipinski definition) is 9. The second-order valence-electron chi connectivity index (χ2n) is 8.61. The van der Waals surface area contributed by atoms with Gasteiger partial charge in [0, 0.05) is 11.8 Å². The number of benzene rings is 2. The number of aromatic nitrogens is 4. The van der Waals surface area contributed by atoms with E-state index in [4.69, 9.17) is 0 Å². The Balaban J connectivity index is 1.14. The maximum atomic E-state index is 12.4. The summed E-state index contributed by atoms with van der Waals surface area (Å²) >= 11 is 2.74. The van der Waals surface area contributed by atoms with Crippen LogP contribution in [-0.2, 0) is 16.0 Å². The molecule has 9 nitrogen and oxygen atoms in total. The number of rotatable bonds is 8. The van der Waals surface area contributed by atoms with Crippen molar-refractivity contribution in [1.29, 1.82) is 0 Å². The van der Waals surface area contributed by atoms with Crippen LogP contribution in [0.2, 0.25) is 0 Å². The molecule has 11 heteroatoms. The summed E-state index contributed by atoms with van der Waals surface area (Å²) in [6, 6.07) is 18.3. The van der Waals surface area contributed by atoms with Gasteiger partial charge in [-0.1, -0.05) is 83.3 Å². The lowest BCUT2D eigenvalue weighted by Crippen LogP contribution is -2.20. The Morgan fingerprint density at radius 1 is 0.833 bits per heavy atom. The topological polar surface area (TPSA) is 130 Å². The number of nitrogens with zero attached hydrogens (tertiary/aromatic N) is 4. The van der Waals surface area contributed by atoms with Gasteiger partial charge in [0.2, 0.25) is 16.2 Å². The van der Waals surface area contributed by atoms with Crippen LogP contribution in [0.1, 0.15) is 58.3 Å². The zero-order chi connectivity index (χ0) is 24.9. The van der Waals surface area contributed by atoms with E-state index < -0.39 is 12.0 Å². The number of aliphatic hydroxyl groups excluding tert-OH is 1. The van der Waals surface area contributed by atoms with E-state index in [-0.39, 0.29) is 17.7 Å². The van der Waals surface area contributed by atoms with Gasteiger partial charge in [0.25, 0.3) is 5.91 Å². The summed E-state index contributed by atoms with van der Waals surface area (Å²) in [5.41, 5.74) is 1.46. The van der Waals surface area contributed by atoms with Gasteiger partial charge in [0.1, 0.15) is 10.0 Å². The van der Waals surface area contributed by atoms with Crippen LogP contribution >= 0.6 is 22.7 Å². The lowest BCUT2D eigenvalue weighted by molar-refractivity contribution is -0.124. The molecule has 2 heterocycles. The molecule has 3 atom stereocenters. The molecule has 184 valence electrons. The molecule has 1 aliphatic rings. The van der Waals surface area contributed by atoms with Gasteiger partial charge in [-0.25, -0.2) is 0 Å². The van der Waals surface area contributed by atoms with Crippen LogP contribution in [0.3, 0.4) is 0 Å². The summed E-state index contributed by atoms with van der Waals surface area (Å²) in [4.78, 5) is 24.7. The van der Waals surface area contributed by atoms with Gasteiger partial charge < -0.3 is 10.4 Å². The molecule has 2 aromatic carbocycles. The van der Waals surface area contributed by atoms with Crippen LogP contribution in [0.25, 0.3) is 0 Å². The quantitative estimate of drug-likeness (QED) is 0.316. The highest BCUT2D eigenvalue weighted by Crippen LogP contribution is 2.45. The molecule has 0 bridgehead atoms. The summed E-state index contributed by atoms with van der Waals surface area (Å²) in [6.07, 6.45) is 1.73. The molecule has 0 saturated heterocycles. The van der Waals surface area contributed by atoms with Crippen molar-refractivity contribution in [2.45, 2.75) is 43.6 Å². The lowest BCUT2D eigenvalue weighted by Gasteiger charge is -2.09. The number of carbonyl (C=O) groups excluding carboxylic acids is 2. The fourth-order valence-electron chi connectivity index (χ4n) is 4.24. The highest BCUT2D eigenvalue weighted by Gasteiger charge is 2.32. The molecule has 0 radical (unpaired) electrons. The molecule has 1 fully saturated rings. The van der Waals surface area contributed by atoms with E-state index in [1.807, 2.05) is 36.4 Å². The standard InChI is InChI=1S/C25H24N6O3S2/c32-19(13-15-7-3-1-4-8-15)26-24-30-28-22(35-24)17-11-12-18(14-17)23-29-31-25(36-23)27-21(34)20(33)16-9-5-2-6-10-16/h1-10,17-18,20,33H,11-14H2,(H,26,30,32)(H,27,31,34)/t17-,18?,20-/m0/s1. The van der Waals surface area contributed by atoms with E-state index in [9.17, 15) is 14.7 Å². The second-order valence-corrected chi connectivity index (χ2v) is 10.6. The van der Waals surface area contributed by atoms with Crippen LogP contribution in [-0.4, -0.2) is 37.3 Å². The largest absolute Gasteiger partial charge is 0.378 e. The second kappa shape index (κ2) is 11.0. The molecule has 0 aliphatic heterocycles. The fraction of sp³-hybridized carbons (Fsp3) is 0.280. The molecule has 36 heavy (non-hydrogen) atoms. The predicted octanol–water partition coefficient (Wildman–Crippen LogP) is 4.29. The molecule has 4 aromatic rings. The van der Waals surface area contributed by atoms with Crippen molar-refractivity contribution < 1.29 is 14.7 Å². The first kappa shape index (κ1) is 24.2. The minimum Gasteiger partial charge on any atom is -0.378 e. The summed E-state index contributed by atoms with van der Waals surface area (Å²) in [7, 11) is 0. The van der Waals surface area contributed by atoms with Crippen LogP contribution in [0, 0.1) is 0 Å². The van der Waals surface area contributed by atoms with Crippen LogP contribution in [0.15, 0.2) is 60.7 Å². The molecule has 5 rings (SSSR count). The molecule has 1 unspecified atom stereocenters. The van der Waals surface area contributed by atoms with Crippen molar-refractivity contribution in [3.8, 4) is 0 Å². The third-order valence-corrected chi connectivity index (χ3v) is 8.06. The summed E-state index contributed by atoms with van der Waals surface area (Å²) in [6.45, 7) is 0. The maximum absolute atomic E-state index is 12.4. The van der Waals surface area contributed by atoms with Crippen LogP contribution in [0.4, 0.5) is 10.3 Å².